The van der Waals surface area contributed by atoms with Crippen LogP contribution in [0.2, 0.25) is 0 Å². The number of hydrogen-bond acceptors (Lipinski definition) is 7. The summed E-state index contributed by atoms with van der Waals surface area (Å²) in [6.07, 6.45) is 1.75. The second-order valence-corrected chi connectivity index (χ2v) is 8.35. The maximum Gasteiger partial charge on any atom is 0.343 e. The van der Waals surface area contributed by atoms with Crippen molar-refractivity contribution in [3.05, 3.63) is 54.1 Å². The van der Waals surface area contributed by atoms with Gasteiger partial charge >= 0.3 is 11.9 Å². The number of carbonyl (C=O) groups excluding carboxylic acids is 2. The highest BCUT2D eigenvalue weighted by Gasteiger charge is 2.37. The molecule has 0 bridgehead atoms. The molecule has 0 saturated carbocycles. The molecule has 0 amide bonds. The van der Waals surface area contributed by atoms with E-state index in [-0.39, 0.29) is 30.5 Å². The summed E-state index contributed by atoms with van der Waals surface area (Å²) in [4.78, 5) is 24.1. The van der Waals surface area contributed by atoms with Crippen molar-refractivity contribution in [1.82, 2.24) is 0 Å². The largest absolute Gasteiger partial charge is 0.493 e. The first-order chi connectivity index (χ1) is 15.9. The Morgan fingerprint density at radius 1 is 0.909 bits per heavy atom. The summed E-state index contributed by atoms with van der Waals surface area (Å²) in [7, 11) is 0. The number of esters is 2. The Morgan fingerprint density at radius 2 is 1.52 bits per heavy atom. The fourth-order valence-corrected chi connectivity index (χ4v) is 3.08. The van der Waals surface area contributed by atoms with E-state index in [0.717, 1.165) is 26.1 Å². The lowest BCUT2D eigenvalue weighted by molar-refractivity contribution is -0.148. The minimum Gasteiger partial charge on any atom is -0.493 e. The van der Waals surface area contributed by atoms with E-state index in [2.05, 4.69) is 6.92 Å². The van der Waals surface area contributed by atoms with Crippen LogP contribution < -0.4 is 14.2 Å². The number of carbonyl (C=O) groups is 2. The molecule has 7 heteroatoms. The second kappa shape index (κ2) is 11.7. The van der Waals surface area contributed by atoms with Crippen LogP contribution in [0.1, 0.15) is 44.0 Å². The molecule has 0 radical (unpaired) electrons. The Bertz CT molecular complexity index is 896. The lowest BCUT2D eigenvalue weighted by Crippen LogP contribution is -2.46. The van der Waals surface area contributed by atoms with Crippen molar-refractivity contribution in [3.63, 3.8) is 0 Å². The third-order valence-corrected chi connectivity index (χ3v) is 5.85. The summed E-state index contributed by atoms with van der Waals surface area (Å²) in [5.74, 6) is 0.926. The molecule has 33 heavy (non-hydrogen) atoms. The van der Waals surface area contributed by atoms with E-state index in [1.807, 2.05) is 13.8 Å². The number of rotatable bonds is 12. The molecule has 3 rings (SSSR count). The monoisotopic (exact) mass is 456 g/mol. The molecule has 1 fully saturated rings. The molecule has 1 saturated heterocycles. The molecule has 1 aliphatic rings. The smallest absolute Gasteiger partial charge is 0.343 e. The van der Waals surface area contributed by atoms with Crippen LogP contribution in [0.25, 0.3) is 0 Å². The number of benzene rings is 2. The van der Waals surface area contributed by atoms with E-state index in [1.54, 1.807) is 48.5 Å². The van der Waals surface area contributed by atoms with Gasteiger partial charge in [-0.2, -0.15) is 0 Å². The Balaban J connectivity index is 1.42. The van der Waals surface area contributed by atoms with E-state index < -0.39 is 5.97 Å². The zero-order valence-corrected chi connectivity index (χ0v) is 19.5. The second-order valence-electron chi connectivity index (χ2n) is 8.35. The van der Waals surface area contributed by atoms with Crippen molar-refractivity contribution >= 4 is 11.9 Å². The maximum absolute atomic E-state index is 12.4. The van der Waals surface area contributed by atoms with Crippen LogP contribution in [0.3, 0.4) is 0 Å². The van der Waals surface area contributed by atoms with Crippen LogP contribution in [0, 0.1) is 11.3 Å². The molecule has 1 unspecified atom stereocenters. The molecule has 1 heterocycles. The van der Waals surface area contributed by atoms with Crippen LogP contribution in [-0.2, 0) is 14.3 Å². The molecule has 0 spiro atoms. The van der Waals surface area contributed by atoms with Crippen molar-refractivity contribution in [2.24, 2.45) is 11.3 Å². The molecule has 0 N–H and O–H groups in total. The van der Waals surface area contributed by atoms with Gasteiger partial charge in [0.25, 0.3) is 0 Å². The van der Waals surface area contributed by atoms with Gasteiger partial charge < -0.3 is 23.7 Å². The Hall–Kier alpha value is -3.06. The zero-order chi connectivity index (χ0) is 23.7. The fraction of sp³-hybridized carbons (Fsp3) is 0.462. The third-order valence-electron chi connectivity index (χ3n) is 5.85. The Kier molecular flexibility index (Phi) is 8.72. The van der Waals surface area contributed by atoms with Crippen molar-refractivity contribution < 1.29 is 33.3 Å². The molecule has 2 aromatic rings. The van der Waals surface area contributed by atoms with Crippen LogP contribution in [0.15, 0.2) is 48.5 Å². The highest BCUT2D eigenvalue weighted by atomic mass is 16.6. The average Bonchev–Trinajstić information content (AvgIpc) is 2.82. The van der Waals surface area contributed by atoms with E-state index in [9.17, 15) is 9.59 Å². The van der Waals surface area contributed by atoms with Crippen LogP contribution in [0.5, 0.6) is 17.2 Å². The first-order valence-corrected chi connectivity index (χ1v) is 11.4. The predicted octanol–water partition coefficient (Wildman–Crippen LogP) is 4.68. The van der Waals surface area contributed by atoms with Crippen LogP contribution in [-0.4, -0.2) is 45.0 Å². The van der Waals surface area contributed by atoms with Gasteiger partial charge in [-0.05, 0) is 61.4 Å². The van der Waals surface area contributed by atoms with E-state index in [1.165, 1.54) is 0 Å². The van der Waals surface area contributed by atoms with Gasteiger partial charge in [0.05, 0.1) is 36.7 Å². The van der Waals surface area contributed by atoms with Crippen molar-refractivity contribution in [2.75, 3.05) is 33.0 Å². The van der Waals surface area contributed by atoms with Gasteiger partial charge in [-0.1, -0.05) is 20.8 Å². The first-order valence-electron chi connectivity index (χ1n) is 11.4. The predicted molar refractivity (Wildman–Crippen MR) is 123 cm³/mol. The van der Waals surface area contributed by atoms with Gasteiger partial charge in [0.15, 0.2) is 0 Å². The van der Waals surface area contributed by atoms with E-state index in [0.29, 0.717) is 29.4 Å². The average molecular weight is 457 g/mol. The number of hydrogen-bond donors (Lipinski definition) is 0. The normalized spacial score (nSPS) is 15.1. The van der Waals surface area contributed by atoms with Crippen molar-refractivity contribution in [1.29, 1.82) is 0 Å². The minimum atomic E-state index is -0.454. The maximum atomic E-state index is 12.4. The quantitative estimate of drug-likeness (QED) is 0.261. The van der Waals surface area contributed by atoms with Crippen molar-refractivity contribution in [3.8, 4) is 17.2 Å². The Labute approximate surface area is 194 Å². The lowest BCUT2D eigenvalue weighted by Gasteiger charge is -2.40. The molecular formula is C26H32O7. The molecule has 1 aliphatic heterocycles. The highest BCUT2D eigenvalue weighted by molar-refractivity contribution is 5.91. The van der Waals surface area contributed by atoms with Gasteiger partial charge in [-0.3, -0.25) is 4.79 Å². The highest BCUT2D eigenvalue weighted by Crippen LogP contribution is 2.32. The fourth-order valence-electron chi connectivity index (χ4n) is 3.08. The molecule has 178 valence electrons. The Morgan fingerprint density at radius 3 is 2.09 bits per heavy atom. The molecule has 2 aromatic carbocycles. The summed E-state index contributed by atoms with van der Waals surface area (Å²) in [5.41, 5.74) is 0.536. The van der Waals surface area contributed by atoms with Crippen molar-refractivity contribution in [2.45, 2.75) is 33.6 Å². The van der Waals surface area contributed by atoms with Gasteiger partial charge in [-0.25, -0.2) is 4.79 Å². The van der Waals surface area contributed by atoms with Gasteiger partial charge in [-0.15, -0.1) is 0 Å². The standard InChI is InChI=1S/C26H32O7/c1-4-19(3)24(27)31-15-14-30-21-10-12-23(13-11-21)33-25(28)20-6-8-22(9-7-20)32-18-26(5-2)16-29-17-26/h6-13,19H,4-5,14-18H2,1-3H3. The summed E-state index contributed by atoms with van der Waals surface area (Å²) < 4.78 is 27.3. The molecule has 7 nitrogen and oxygen atoms in total. The summed E-state index contributed by atoms with van der Waals surface area (Å²) in [6.45, 7) is 8.40. The minimum absolute atomic E-state index is 0.103. The zero-order valence-electron chi connectivity index (χ0n) is 19.5. The van der Waals surface area contributed by atoms with Gasteiger partial charge in [0.1, 0.15) is 30.5 Å². The summed E-state index contributed by atoms with van der Waals surface area (Å²) >= 11 is 0. The van der Waals surface area contributed by atoms with Gasteiger partial charge in [0.2, 0.25) is 0 Å². The summed E-state index contributed by atoms with van der Waals surface area (Å²) in [5, 5.41) is 0. The summed E-state index contributed by atoms with van der Waals surface area (Å²) in [6, 6.07) is 13.6. The van der Waals surface area contributed by atoms with E-state index in [4.69, 9.17) is 23.7 Å². The van der Waals surface area contributed by atoms with Crippen LogP contribution >= 0.6 is 0 Å². The molecule has 0 aliphatic carbocycles. The van der Waals surface area contributed by atoms with Crippen LogP contribution in [0.4, 0.5) is 0 Å². The number of ether oxygens (including phenoxy) is 5. The lowest BCUT2D eigenvalue weighted by atomic mass is 9.84. The van der Waals surface area contributed by atoms with Gasteiger partial charge in [0, 0.05) is 0 Å². The SMILES string of the molecule is CCC(C)C(=O)OCCOc1ccc(OC(=O)c2ccc(OCC3(CC)COC3)cc2)cc1. The topological polar surface area (TPSA) is 80.3 Å². The third kappa shape index (κ3) is 6.96. The molecule has 1 atom stereocenters. The first kappa shape index (κ1) is 24.6. The molecular weight excluding hydrogens is 424 g/mol. The van der Waals surface area contributed by atoms with E-state index >= 15 is 0 Å². The molecule has 0 aromatic heterocycles.